The van der Waals surface area contributed by atoms with Crippen LogP contribution in [0.3, 0.4) is 0 Å². The predicted octanol–water partition coefficient (Wildman–Crippen LogP) is 2.28. The van der Waals surface area contributed by atoms with Gasteiger partial charge >= 0.3 is 5.97 Å². The van der Waals surface area contributed by atoms with E-state index >= 15 is 0 Å². The summed E-state index contributed by atoms with van der Waals surface area (Å²) in [6.45, 7) is 0.211. The van der Waals surface area contributed by atoms with E-state index in [4.69, 9.17) is 0 Å². The summed E-state index contributed by atoms with van der Waals surface area (Å²) in [6, 6.07) is 6.34. The fraction of sp³-hybridized carbons (Fsp3) is 0.550. The van der Waals surface area contributed by atoms with Crippen LogP contribution in [0, 0.1) is 5.92 Å². The average molecular weight is 358 g/mol. The Hall–Kier alpha value is -2.37. The summed E-state index contributed by atoms with van der Waals surface area (Å²) in [4.78, 5) is 37.8. The Morgan fingerprint density at radius 3 is 2.58 bits per heavy atom. The van der Waals surface area contributed by atoms with Gasteiger partial charge in [0.05, 0.1) is 6.54 Å². The second-order valence-corrected chi connectivity index (χ2v) is 7.26. The second-order valence-electron chi connectivity index (χ2n) is 7.26. The van der Waals surface area contributed by atoms with Gasteiger partial charge in [-0.1, -0.05) is 43.5 Å². The Kier molecular flexibility index (Phi) is 5.91. The Bertz CT molecular complexity index is 682. The molecule has 1 unspecified atom stereocenters. The summed E-state index contributed by atoms with van der Waals surface area (Å²) in [5, 5.41) is 12.3. The van der Waals surface area contributed by atoms with E-state index in [1.54, 1.807) is 12.1 Å². The van der Waals surface area contributed by atoms with Crippen molar-refractivity contribution in [3.63, 3.8) is 0 Å². The maximum absolute atomic E-state index is 12.6. The number of carboxylic acids is 1. The smallest absolute Gasteiger partial charge is 0.331 e. The molecular formula is C20H26N2O4. The van der Waals surface area contributed by atoms with Crippen molar-refractivity contribution in [2.75, 3.05) is 13.1 Å². The molecule has 0 bridgehead atoms. The SMILES string of the molecule is O=C(CC1CCCCC1)NCC(=O)N1CCc2ccccc2C1C(=O)O. The molecule has 1 saturated carbocycles. The van der Waals surface area contributed by atoms with Gasteiger partial charge in [-0.3, -0.25) is 9.59 Å². The second kappa shape index (κ2) is 8.34. The lowest BCUT2D eigenvalue weighted by molar-refractivity contribution is -0.151. The molecule has 6 nitrogen and oxygen atoms in total. The Balaban J connectivity index is 1.58. The quantitative estimate of drug-likeness (QED) is 0.845. The number of benzene rings is 1. The molecule has 1 atom stereocenters. The zero-order chi connectivity index (χ0) is 18.5. The summed E-state index contributed by atoms with van der Waals surface area (Å²) in [6.07, 6.45) is 6.81. The minimum absolute atomic E-state index is 0.116. The maximum Gasteiger partial charge on any atom is 0.331 e. The molecule has 1 heterocycles. The number of hydrogen-bond donors (Lipinski definition) is 2. The Morgan fingerprint density at radius 2 is 1.85 bits per heavy atom. The van der Waals surface area contributed by atoms with E-state index in [-0.39, 0.29) is 18.4 Å². The van der Waals surface area contributed by atoms with E-state index in [2.05, 4.69) is 5.32 Å². The Labute approximate surface area is 153 Å². The third-order valence-corrected chi connectivity index (χ3v) is 5.47. The normalized spacial score (nSPS) is 20.3. The van der Waals surface area contributed by atoms with Gasteiger partial charge in [-0.15, -0.1) is 0 Å². The largest absolute Gasteiger partial charge is 0.479 e. The average Bonchev–Trinajstić information content (AvgIpc) is 2.65. The van der Waals surface area contributed by atoms with Crippen LogP contribution in [0.2, 0.25) is 0 Å². The van der Waals surface area contributed by atoms with E-state index in [9.17, 15) is 19.5 Å². The molecule has 2 aliphatic rings. The van der Waals surface area contributed by atoms with Gasteiger partial charge in [-0.05, 0) is 36.3 Å². The van der Waals surface area contributed by atoms with Crippen LogP contribution in [0.5, 0.6) is 0 Å². The van der Waals surface area contributed by atoms with Crippen molar-refractivity contribution >= 4 is 17.8 Å². The molecule has 3 rings (SSSR count). The first kappa shape index (κ1) is 18.4. The van der Waals surface area contributed by atoms with Gasteiger partial charge in [0.1, 0.15) is 0 Å². The zero-order valence-corrected chi connectivity index (χ0v) is 14.9. The van der Waals surface area contributed by atoms with E-state index in [0.717, 1.165) is 18.4 Å². The standard InChI is InChI=1S/C20H26N2O4/c23-17(12-14-6-2-1-3-7-14)21-13-18(24)22-11-10-15-8-4-5-9-16(15)19(22)20(25)26/h4-5,8-9,14,19H,1-3,6-7,10-13H2,(H,21,23)(H,25,26). The minimum atomic E-state index is -1.04. The predicted molar refractivity (Wildman–Crippen MR) is 96.4 cm³/mol. The van der Waals surface area contributed by atoms with Crippen LogP contribution in [-0.2, 0) is 20.8 Å². The van der Waals surface area contributed by atoms with Crippen LogP contribution in [0.1, 0.15) is 55.7 Å². The fourth-order valence-electron chi connectivity index (χ4n) is 4.10. The van der Waals surface area contributed by atoms with Gasteiger partial charge in [0, 0.05) is 13.0 Å². The van der Waals surface area contributed by atoms with Crippen molar-refractivity contribution in [1.29, 1.82) is 0 Å². The fourth-order valence-corrected chi connectivity index (χ4v) is 4.10. The van der Waals surface area contributed by atoms with Crippen molar-refractivity contribution < 1.29 is 19.5 Å². The lowest BCUT2D eigenvalue weighted by Crippen LogP contribution is -2.47. The molecule has 26 heavy (non-hydrogen) atoms. The molecule has 1 aromatic rings. The van der Waals surface area contributed by atoms with Crippen LogP contribution >= 0.6 is 0 Å². The molecule has 2 N–H and O–H groups in total. The molecule has 1 aromatic carbocycles. The van der Waals surface area contributed by atoms with E-state index in [1.807, 2.05) is 12.1 Å². The van der Waals surface area contributed by atoms with Crippen molar-refractivity contribution in [3.05, 3.63) is 35.4 Å². The van der Waals surface area contributed by atoms with Crippen LogP contribution < -0.4 is 5.32 Å². The van der Waals surface area contributed by atoms with E-state index in [1.165, 1.54) is 24.2 Å². The molecule has 1 fully saturated rings. The number of nitrogens with one attached hydrogen (secondary N) is 1. The first-order valence-electron chi connectivity index (χ1n) is 9.43. The molecule has 0 radical (unpaired) electrons. The van der Waals surface area contributed by atoms with Crippen molar-refractivity contribution in [1.82, 2.24) is 10.2 Å². The number of carbonyl (C=O) groups excluding carboxylic acids is 2. The summed E-state index contributed by atoms with van der Waals surface area (Å²) in [5.41, 5.74) is 1.62. The molecule has 1 aliphatic carbocycles. The molecule has 0 spiro atoms. The van der Waals surface area contributed by atoms with E-state index < -0.39 is 12.0 Å². The zero-order valence-electron chi connectivity index (χ0n) is 14.9. The Morgan fingerprint density at radius 1 is 1.12 bits per heavy atom. The third-order valence-electron chi connectivity index (χ3n) is 5.47. The summed E-state index contributed by atoms with van der Waals surface area (Å²) >= 11 is 0. The van der Waals surface area contributed by atoms with Crippen LogP contribution in [-0.4, -0.2) is 40.9 Å². The minimum Gasteiger partial charge on any atom is -0.479 e. The number of carbonyl (C=O) groups is 3. The molecule has 6 heteroatoms. The van der Waals surface area contributed by atoms with Crippen molar-refractivity contribution in [3.8, 4) is 0 Å². The number of aliphatic carboxylic acids is 1. The van der Waals surface area contributed by atoms with Gasteiger partial charge in [-0.2, -0.15) is 0 Å². The third kappa shape index (κ3) is 4.23. The lowest BCUT2D eigenvalue weighted by atomic mass is 9.87. The number of rotatable bonds is 5. The van der Waals surface area contributed by atoms with Crippen molar-refractivity contribution in [2.24, 2.45) is 5.92 Å². The topological polar surface area (TPSA) is 86.7 Å². The number of amides is 2. The van der Waals surface area contributed by atoms with Gasteiger partial charge in [0.15, 0.2) is 6.04 Å². The first-order valence-corrected chi connectivity index (χ1v) is 9.43. The molecule has 1 aliphatic heterocycles. The van der Waals surface area contributed by atoms with Crippen LogP contribution in [0.4, 0.5) is 0 Å². The van der Waals surface area contributed by atoms with Gasteiger partial charge in [-0.25, -0.2) is 4.79 Å². The molecule has 140 valence electrons. The van der Waals surface area contributed by atoms with Crippen LogP contribution in [0.15, 0.2) is 24.3 Å². The lowest BCUT2D eigenvalue weighted by Gasteiger charge is -2.34. The highest BCUT2D eigenvalue weighted by atomic mass is 16.4. The molecular weight excluding hydrogens is 332 g/mol. The number of fused-ring (bicyclic) bond motifs is 1. The first-order chi connectivity index (χ1) is 12.6. The molecule has 0 saturated heterocycles. The highest BCUT2D eigenvalue weighted by molar-refractivity contribution is 5.89. The maximum atomic E-state index is 12.6. The van der Waals surface area contributed by atoms with Gasteiger partial charge in [0.25, 0.3) is 0 Å². The highest BCUT2D eigenvalue weighted by Crippen LogP contribution is 2.30. The van der Waals surface area contributed by atoms with Crippen LogP contribution in [0.25, 0.3) is 0 Å². The van der Waals surface area contributed by atoms with Gasteiger partial charge < -0.3 is 15.3 Å². The highest BCUT2D eigenvalue weighted by Gasteiger charge is 2.35. The summed E-state index contributed by atoms with van der Waals surface area (Å²) in [5.74, 6) is -1.09. The monoisotopic (exact) mass is 358 g/mol. The van der Waals surface area contributed by atoms with E-state index in [0.29, 0.717) is 30.9 Å². The van der Waals surface area contributed by atoms with Gasteiger partial charge in [0.2, 0.25) is 11.8 Å². The summed E-state index contributed by atoms with van der Waals surface area (Å²) < 4.78 is 0. The summed E-state index contributed by atoms with van der Waals surface area (Å²) in [7, 11) is 0. The molecule has 0 aromatic heterocycles. The number of carboxylic acid groups (broad SMARTS) is 1. The number of hydrogen-bond acceptors (Lipinski definition) is 3. The van der Waals surface area contributed by atoms with Crippen molar-refractivity contribution in [2.45, 2.75) is 51.0 Å². The molecule has 2 amide bonds. The number of nitrogens with zero attached hydrogens (tertiary/aromatic N) is 1.